The van der Waals surface area contributed by atoms with Gasteiger partial charge in [-0.1, -0.05) is 85.6 Å². The third-order valence-electron chi connectivity index (χ3n) is 8.24. The molecule has 3 aromatic carbocycles. The van der Waals surface area contributed by atoms with Crippen LogP contribution < -0.4 is 9.47 Å². The molecule has 0 fully saturated rings. The Bertz CT molecular complexity index is 1730. The average Bonchev–Trinajstić information content (AvgIpc) is 3.34. The molecule has 0 N–H and O–H groups in total. The Morgan fingerprint density at radius 2 is 1.19 bits per heavy atom. The summed E-state index contributed by atoms with van der Waals surface area (Å²) in [5.41, 5.74) is 9.29. The van der Waals surface area contributed by atoms with E-state index >= 15 is 0 Å². The van der Waals surface area contributed by atoms with Crippen molar-refractivity contribution < 1.29 is 54.0 Å². The van der Waals surface area contributed by atoms with Gasteiger partial charge in [0.05, 0.1) is 11.1 Å². The number of aryl methyl sites for hydroxylation is 2. The van der Waals surface area contributed by atoms with Gasteiger partial charge in [-0.15, -0.1) is 0 Å². The number of para-hydroxylation sites is 2. The molecule has 0 aromatic heterocycles. The Kier molecular flexibility index (Phi) is 15.3. The monoisotopic (exact) mass is 693 g/mol. The molecule has 1 spiro atoms. The first kappa shape index (κ1) is 42.1. The molecule has 251 valence electrons. The maximum absolute atomic E-state index is 7.50. The summed E-state index contributed by atoms with van der Waals surface area (Å²) in [5.74, 6) is 1.79. The minimum atomic E-state index is -1.15. The smallest absolute Gasteiger partial charge is 0 e. The van der Waals surface area contributed by atoms with Crippen LogP contribution in [0.4, 0.5) is 11.4 Å². The molecular formula is C39H42CoN2O6+2. The van der Waals surface area contributed by atoms with Crippen LogP contribution in [0, 0.1) is 33.5 Å². The molecule has 0 bridgehead atoms. The molecule has 6 rings (SSSR count). The maximum atomic E-state index is 7.50. The van der Waals surface area contributed by atoms with Crippen molar-refractivity contribution in [1.82, 2.24) is 0 Å². The third-order valence-corrected chi connectivity index (χ3v) is 8.24. The van der Waals surface area contributed by atoms with E-state index in [9.17, 15) is 0 Å². The molecule has 3 aromatic rings. The van der Waals surface area contributed by atoms with Crippen molar-refractivity contribution in [3.63, 3.8) is 0 Å². The summed E-state index contributed by atoms with van der Waals surface area (Å²) in [6, 6.07) is 16.6. The Labute approximate surface area is 294 Å². The second-order valence-electron chi connectivity index (χ2n) is 13.5. The quantitative estimate of drug-likeness (QED) is 0.119. The van der Waals surface area contributed by atoms with E-state index < -0.39 is 6.03 Å². The van der Waals surface area contributed by atoms with Gasteiger partial charge < -0.3 is 9.47 Å². The van der Waals surface area contributed by atoms with E-state index in [1.165, 1.54) is 36.0 Å². The predicted molar refractivity (Wildman–Crippen MR) is 175 cm³/mol. The van der Waals surface area contributed by atoms with Crippen molar-refractivity contribution in [2.45, 2.75) is 97.9 Å². The van der Waals surface area contributed by atoms with E-state index in [2.05, 4.69) is 152 Å². The van der Waals surface area contributed by atoms with Crippen LogP contribution in [-0.4, -0.2) is 27.6 Å². The predicted octanol–water partition coefficient (Wildman–Crippen LogP) is 8.11. The molecule has 1 unspecified atom stereocenters. The second kappa shape index (κ2) is 17.5. The maximum Gasteiger partial charge on any atom is 0 e. The van der Waals surface area contributed by atoms with Crippen molar-refractivity contribution in [2.24, 2.45) is 0 Å². The fraction of sp³-hybridized carbons (Fsp3) is 0.385. The minimum absolute atomic E-state index is 0. The van der Waals surface area contributed by atoms with Gasteiger partial charge in [-0.25, -0.2) is 0 Å². The molecule has 0 saturated carbocycles. The van der Waals surface area contributed by atoms with E-state index in [0.29, 0.717) is 0 Å². The minimum Gasteiger partial charge on any atom is 0 e. The number of hydrogen-bond acceptors (Lipinski definition) is 2. The summed E-state index contributed by atoms with van der Waals surface area (Å²) in [6.07, 6.45) is 9.24. The topological polar surface area (TPSA) is 104 Å². The van der Waals surface area contributed by atoms with Gasteiger partial charge in [0.2, 0.25) is 0 Å². The number of rotatable bonds is 4. The summed E-state index contributed by atoms with van der Waals surface area (Å²) < 4.78 is 48.5. The van der Waals surface area contributed by atoms with Gasteiger partial charge >= 0.3 is 51.2 Å². The zero-order valence-corrected chi connectivity index (χ0v) is 29.8. The number of ether oxygens (including phenoxy) is 2. The van der Waals surface area contributed by atoms with Crippen molar-refractivity contribution >= 4 is 23.8 Å². The molecule has 48 heavy (non-hydrogen) atoms. The Hall–Kier alpha value is -3.93. The summed E-state index contributed by atoms with van der Waals surface area (Å²) >= 11 is 0. The fourth-order valence-corrected chi connectivity index (χ4v) is 6.04. The zero-order chi connectivity index (χ0) is 35.7. The molecule has 8 nitrogen and oxygen atoms in total. The van der Waals surface area contributed by atoms with E-state index in [4.69, 9.17) is 28.1 Å². The normalized spacial score (nSPS) is 15.6. The van der Waals surface area contributed by atoms with Crippen LogP contribution in [0.3, 0.4) is 0 Å². The van der Waals surface area contributed by atoms with Crippen molar-refractivity contribution in [3.05, 3.63) is 109 Å². The third kappa shape index (κ3) is 8.02. The van der Waals surface area contributed by atoms with Crippen LogP contribution >= 0.6 is 0 Å². The van der Waals surface area contributed by atoms with Crippen LogP contribution in [0.25, 0.3) is 0 Å². The Balaban J connectivity index is 0.00000119. The number of unbranched alkanes of at least 4 members (excludes halogenated alkanes) is 2. The molecule has 3 aliphatic heterocycles. The fourth-order valence-electron chi connectivity index (χ4n) is 6.04. The van der Waals surface area contributed by atoms with Gasteiger partial charge in [0, 0.05) is 34.5 Å². The number of hydrogen-bond donors (Lipinski definition) is 0. The largest absolute Gasteiger partial charge is 0 e. The van der Waals surface area contributed by atoms with E-state index in [1.54, 1.807) is 0 Å². The number of nitrogens with zero attached hydrogens (tertiary/aromatic N) is 2. The number of benzene rings is 3. The van der Waals surface area contributed by atoms with Gasteiger partial charge in [-0.05, 0) is 68.6 Å². The molecule has 1 radical (unpaired) electrons. The van der Waals surface area contributed by atoms with Gasteiger partial charge in [0.15, 0.2) is 23.9 Å². The van der Waals surface area contributed by atoms with Gasteiger partial charge in [0.1, 0.15) is 0 Å². The molecule has 3 heterocycles. The zero-order valence-electron chi connectivity index (χ0n) is 28.8. The van der Waals surface area contributed by atoms with Gasteiger partial charge in [-0.3, -0.25) is 0 Å². The molecular weight excluding hydrogens is 651 g/mol. The van der Waals surface area contributed by atoms with Crippen LogP contribution in [0.5, 0.6) is 11.5 Å². The van der Waals surface area contributed by atoms with Crippen molar-refractivity contribution in [3.8, 4) is 11.5 Å². The summed E-state index contributed by atoms with van der Waals surface area (Å²) in [4.78, 5) is 0. The van der Waals surface area contributed by atoms with Crippen LogP contribution in [-0.2, 0) is 52.6 Å². The Morgan fingerprint density at radius 3 is 1.67 bits per heavy atom. The molecule has 0 saturated heterocycles. The Morgan fingerprint density at radius 1 is 0.688 bits per heavy atom. The molecule has 1 atom stereocenters. The first-order valence-electron chi connectivity index (χ1n) is 15.3. The average molecular weight is 694 g/mol. The first-order chi connectivity index (χ1) is 22.4. The molecule has 0 amide bonds. The summed E-state index contributed by atoms with van der Waals surface area (Å²) in [6.45, 7) is 36.0. The second-order valence-corrected chi connectivity index (χ2v) is 13.5. The molecule has 3 aliphatic rings. The van der Waals surface area contributed by atoms with Crippen LogP contribution in [0.2, 0.25) is 0 Å². The van der Waals surface area contributed by atoms with E-state index in [0.717, 1.165) is 46.0 Å². The standard InChI is InChI=1S/C35H42N2O2.4CO.Co/c1-9-10-11-14-24-17-23(2)31-25(18-24)21-36-29-15-12-13-16-30(29)37-22-26-19-27(33(3,4)5)20-28(34(6,7)8)32(26)39-35(36,37)38-31;4*1-2;/h12-13,15-22H,9-11,14H2,1-8H3;;;;;/q+2;;;;;. The first-order valence-corrected chi connectivity index (χ1v) is 15.3. The van der Waals surface area contributed by atoms with Gasteiger partial charge in [0.25, 0.3) is 11.4 Å². The molecule has 9 heteroatoms. The SMILES string of the molecule is CCCCCc1cc(C)c2c(c1)C=[N+]1c3ccccc3[N+]3=Cc4cc(C(C)(C)C)cc(C(C)(C)C)c4OC13O2.[C-]#[O+].[C-]#[O+].[C-]#[O+].[C-]#[O+].[Co]. The summed E-state index contributed by atoms with van der Waals surface area (Å²) in [5, 5.41) is 0. The van der Waals surface area contributed by atoms with Gasteiger partial charge in [-0.2, -0.15) is 0 Å². The van der Waals surface area contributed by atoms with Crippen LogP contribution in [0.15, 0.2) is 48.5 Å². The van der Waals surface area contributed by atoms with Crippen molar-refractivity contribution in [2.75, 3.05) is 0 Å². The van der Waals surface area contributed by atoms with E-state index in [-0.39, 0.29) is 27.6 Å². The van der Waals surface area contributed by atoms with E-state index in [1.807, 2.05) is 0 Å². The molecule has 0 aliphatic carbocycles. The van der Waals surface area contributed by atoms with Crippen molar-refractivity contribution in [1.29, 1.82) is 0 Å². The number of fused-ring (bicyclic) bond motifs is 5. The van der Waals surface area contributed by atoms with Crippen LogP contribution in [0.1, 0.15) is 101 Å². The summed E-state index contributed by atoms with van der Waals surface area (Å²) in [7, 11) is 0.